The minimum Gasteiger partial charge on any atom is -0.507 e. The van der Waals surface area contributed by atoms with Crippen molar-refractivity contribution in [1.82, 2.24) is 4.90 Å². The fraction of sp³-hybridized carbons (Fsp3) is 0.417. The van der Waals surface area contributed by atoms with Gasteiger partial charge in [-0.3, -0.25) is 28.9 Å². The predicted molar refractivity (Wildman–Crippen MR) is 116 cm³/mol. The first-order valence-electron chi connectivity index (χ1n) is 10.8. The van der Waals surface area contributed by atoms with E-state index in [-0.39, 0.29) is 29.5 Å². The van der Waals surface area contributed by atoms with Gasteiger partial charge in [-0.2, -0.15) is 0 Å². The van der Waals surface area contributed by atoms with E-state index >= 15 is 0 Å². The third kappa shape index (κ3) is 3.37. The van der Waals surface area contributed by atoms with Crippen LogP contribution >= 0.6 is 0 Å². The van der Waals surface area contributed by atoms with Gasteiger partial charge < -0.3 is 21.1 Å². The zero-order valence-corrected chi connectivity index (χ0v) is 18.8. The molecule has 6 atom stereocenters. The van der Waals surface area contributed by atoms with Crippen LogP contribution in [0.1, 0.15) is 27.9 Å². The summed E-state index contributed by atoms with van der Waals surface area (Å²) in [5.74, 6) is -8.53. The quantitative estimate of drug-likeness (QED) is 0.279. The second-order valence-electron chi connectivity index (χ2n) is 9.33. The van der Waals surface area contributed by atoms with Crippen LogP contribution in [0, 0.1) is 35.5 Å². The number of ketones is 4. The summed E-state index contributed by atoms with van der Waals surface area (Å²) in [4.78, 5) is 77.5. The van der Waals surface area contributed by atoms with Crippen molar-refractivity contribution in [3.05, 3.63) is 28.8 Å². The average Bonchev–Trinajstić information content (AvgIpc) is 2.75. The number of nitrogens with two attached hydrogens (primary N) is 1. The number of carbonyl (C=O) groups excluding carboxylic acids is 5. The van der Waals surface area contributed by atoms with Crippen molar-refractivity contribution < 1.29 is 44.1 Å². The number of aliphatic hydroxyl groups is 1. The van der Waals surface area contributed by atoms with Gasteiger partial charge >= 0.3 is 5.97 Å². The summed E-state index contributed by atoms with van der Waals surface area (Å²) in [5.41, 5.74) is 2.65. The van der Waals surface area contributed by atoms with Gasteiger partial charge in [0.1, 0.15) is 5.75 Å². The van der Waals surface area contributed by atoms with Crippen LogP contribution in [0.5, 0.6) is 5.75 Å². The molecule has 0 bridgehead atoms. The molecule has 1 aromatic rings. The van der Waals surface area contributed by atoms with Crippen LogP contribution in [0.4, 0.5) is 0 Å². The number of fused-ring (bicyclic) bond motifs is 3. The molecule has 11 nitrogen and oxygen atoms in total. The van der Waals surface area contributed by atoms with Crippen LogP contribution in [-0.2, 0) is 30.4 Å². The summed E-state index contributed by atoms with van der Waals surface area (Å²) in [6.45, 7) is 0. The lowest BCUT2D eigenvalue weighted by Gasteiger charge is -2.52. The molecule has 1 amide bonds. The molecule has 1 aromatic carbocycles. The Morgan fingerprint density at radius 3 is 2.37 bits per heavy atom. The third-order valence-corrected chi connectivity index (χ3v) is 7.25. The summed E-state index contributed by atoms with van der Waals surface area (Å²) in [5, 5.41) is 30.7. The van der Waals surface area contributed by atoms with Crippen LogP contribution < -0.4 is 5.73 Å². The molecule has 0 saturated heterocycles. The Morgan fingerprint density at radius 1 is 1.14 bits per heavy atom. The maximum absolute atomic E-state index is 13.6. The molecule has 182 valence electrons. The Labute approximate surface area is 198 Å². The number of Topliss-reactive ketones (excluding diaryl/α,β-unsaturated/α-hetero) is 4. The molecule has 0 radical (unpaired) electrons. The SMILES string of the molecule is CN(C)[C@H]1C(=O)C(C(N)=O)C(=O)[C@]2(O)C(=O)C3C(=O)c4c(O)ccc(C#CC(=O)O)c4C[C@@H]3C[C@H]12. The number of hydrogen-bond donors (Lipinski definition) is 4. The van der Waals surface area contributed by atoms with Gasteiger partial charge in [-0.15, -0.1) is 0 Å². The topological polar surface area (TPSA) is 192 Å². The highest BCUT2D eigenvalue weighted by Gasteiger charge is 2.69. The maximum Gasteiger partial charge on any atom is 0.382 e. The van der Waals surface area contributed by atoms with Gasteiger partial charge in [0.05, 0.1) is 17.5 Å². The van der Waals surface area contributed by atoms with Gasteiger partial charge in [-0.05, 0) is 50.6 Å². The lowest BCUT2D eigenvalue weighted by Crippen LogP contribution is -2.74. The van der Waals surface area contributed by atoms with Gasteiger partial charge in [0.15, 0.2) is 34.7 Å². The first-order valence-corrected chi connectivity index (χ1v) is 10.8. The lowest BCUT2D eigenvalue weighted by atomic mass is 9.52. The first kappa shape index (κ1) is 24.3. The summed E-state index contributed by atoms with van der Waals surface area (Å²) in [7, 11) is 2.98. The van der Waals surface area contributed by atoms with Crippen LogP contribution in [0.2, 0.25) is 0 Å². The smallest absolute Gasteiger partial charge is 0.382 e. The zero-order chi connectivity index (χ0) is 26.0. The molecule has 2 unspecified atom stereocenters. The van der Waals surface area contributed by atoms with E-state index in [2.05, 4.69) is 5.92 Å². The van der Waals surface area contributed by atoms with Crippen molar-refractivity contribution >= 4 is 35.0 Å². The van der Waals surface area contributed by atoms with E-state index in [4.69, 9.17) is 10.8 Å². The van der Waals surface area contributed by atoms with Crippen molar-refractivity contribution in [3.63, 3.8) is 0 Å². The minimum atomic E-state index is -2.80. The number of nitrogens with zero attached hydrogens (tertiary/aromatic N) is 1. The van der Waals surface area contributed by atoms with Crippen molar-refractivity contribution in [3.8, 4) is 17.6 Å². The van der Waals surface area contributed by atoms with Gasteiger partial charge in [0.2, 0.25) is 5.91 Å². The molecular weight excluding hydrogens is 460 g/mol. The molecule has 3 aliphatic rings. The fourth-order valence-electron chi connectivity index (χ4n) is 5.84. The van der Waals surface area contributed by atoms with Crippen LogP contribution in [0.3, 0.4) is 0 Å². The van der Waals surface area contributed by atoms with E-state index < -0.39 is 76.1 Å². The number of benzene rings is 1. The number of aromatic hydroxyl groups is 1. The summed E-state index contributed by atoms with van der Waals surface area (Å²) >= 11 is 0. The highest BCUT2D eigenvalue weighted by Crippen LogP contribution is 2.50. The van der Waals surface area contributed by atoms with E-state index in [9.17, 15) is 39.0 Å². The molecule has 4 rings (SSSR count). The van der Waals surface area contributed by atoms with Gasteiger partial charge in [-0.1, -0.05) is 5.92 Å². The number of rotatable bonds is 2. The normalized spacial score (nSPS) is 31.7. The molecule has 11 heteroatoms. The maximum atomic E-state index is 13.6. The Morgan fingerprint density at radius 2 is 1.80 bits per heavy atom. The predicted octanol–water partition coefficient (Wildman–Crippen LogP) is -1.70. The van der Waals surface area contributed by atoms with Crippen LogP contribution in [0.15, 0.2) is 12.1 Å². The Bertz CT molecular complexity index is 1290. The van der Waals surface area contributed by atoms with E-state index in [0.717, 1.165) is 6.07 Å². The zero-order valence-electron chi connectivity index (χ0n) is 18.8. The monoisotopic (exact) mass is 482 g/mol. The second kappa shape index (κ2) is 8.11. The number of carboxylic acid groups (broad SMARTS) is 1. The van der Waals surface area contributed by atoms with E-state index in [1.54, 1.807) is 0 Å². The van der Waals surface area contributed by atoms with E-state index in [0.29, 0.717) is 0 Å². The van der Waals surface area contributed by atoms with Crippen molar-refractivity contribution in [2.45, 2.75) is 24.5 Å². The largest absolute Gasteiger partial charge is 0.507 e. The molecule has 2 saturated carbocycles. The number of hydrogen-bond acceptors (Lipinski definition) is 9. The molecule has 0 aromatic heterocycles. The van der Waals surface area contributed by atoms with Crippen LogP contribution in [0.25, 0.3) is 0 Å². The number of likely N-dealkylation sites (N-methyl/N-ethyl adjacent to an activating group) is 1. The van der Waals surface area contributed by atoms with E-state index in [1.807, 2.05) is 5.92 Å². The van der Waals surface area contributed by atoms with Crippen molar-refractivity contribution in [2.24, 2.45) is 29.4 Å². The summed E-state index contributed by atoms with van der Waals surface area (Å²) < 4.78 is 0. The Kier molecular flexibility index (Phi) is 5.62. The molecule has 2 fully saturated rings. The molecule has 0 heterocycles. The number of carboxylic acids is 1. The fourth-order valence-corrected chi connectivity index (χ4v) is 5.84. The highest BCUT2D eigenvalue weighted by molar-refractivity contribution is 6.32. The molecule has 0 aliphatic heterocycles. The molecular formula is C24H22N2O9. The molecule has 3 aliphatic carbocycles. The molecule has 0 spiro atoms. The van der Waals surface area contributed by atoms with Gasteiger partial charge in [0.25, 0.3) is 0 Å². The Balaban J connectivity index is 1.88. The molecule has 5 N–H and O–H groups in total. The third-order valence-electron chi connectivity index (χ3n) is 7.25. The number of aliphatic carboxylic acids is 1. The number of amides is 1. The minimum absolute atomic E-state index is 0.00384. The van der Waals surface area contributed by atoms with Crippen molar-refractivity contribution in [2.75, 3.05) is 14.1 Å². The highest BCUT2D eigenvalue weighted by atomic mass is 16.4. The van der Waals surface area contributed by atoms with Crippen LogP contribution in [-0.4, -0.2) is 81.0 Å². The summed E-state index contributed by atoms with van der Waals surface area (Å²) in [6.07, 6.45) is -0.102. The second-order valence-corrected chi connectivity index (χ2v) is 9.33. The summed E-state index contributed by atoms with van der Waals surface area (Å²) in [6, 6.07) is 1.29. The van der Waals surface area contributed by atoms with Crippen molar-refractivity contribution in [1.29, 1.82) is 0 Å². The molecule has 35 heavy (non-hydrogen) atoms. The standard InChI is InChI=1S/C24H22N2O9/c1-26(2)18-12-8-10-7-11-9(4-6-14(28)29)3-5-13(27)16(11)19(30)15(10)21(32)24(12,35)22(33)17(20(18)31)23(25)34/h3,5,10,12,15,17-18,27,35H,7-8H2,1-2H3,(H2,25,34)(H,28,29)/t10-,12-,15?,17?,18-,24-/m1/s1. The number of primary amides is 1. The lowest BCUT2D eigenvalue weighted by molar-refractivity contribution is -0.181. The number of phenols is 1. The first-order chi connectivity index (χ1) is 16.3. The number of carbonyl (C=O) groups is 6. The van der Waals surface area contributed by atoms with Gasteiger partial charge in [-0.25, -0.2) is 4.79 Å². The number of phenolic OH excluding ortho intramolecular Hbond substituents is 1. The average molecular weight is 482 g/mol. The van der Waals surface area contributed by atoms with E-state index in [1.165, 1.54) is 25.1 Å². The van der Waals surface area contributed by atoms with Gasteiger partial charge in [0, 0.05) is 17.4 Å². The Hall–Kier alpha value is -3.88.